The van der Waals surface area contributed by atoms with E-state index in [1.54, 1.807) is 22.8 Å². The van der Waals surface area contributed by atoms with Crippen molar-refractivity contribution in [3.8, 4) is 17.4 Å². The average Bonchev–Trinajstić information content (AvgIpc) is 3.57. The highest BCUT2D eigenvalue weighted by molar-refractivity contribution is 7.93. The van der Waals surface area contributed by atoms with Gasteiger partial charge in [-0.25, -0.2) is 23.4 Å². The number of hydrogen-bond donors (Lipinski definition) is 1. The van der Waals surface area contributed by atoms with Crippen molar-refractivity contribution in [2.45, 2.75) is 57.1 Å². The van der Waals surface area contributed by atoms with Crippen molar-refractivity contribution in [2.75, 3.05) is 11.8 Å². The van der Waals surface area contributed by atoms with Crippen LogP contribution in [-0.2, 0) is 14.8 Å². The van der Waals surface area contributed by atoms with Gasteiger partial charge in [0.05, 0.1) is 18.2 Å². The molecule has 11 nitrogen and oxygen atoms in total. The number of nitrogens with zero attached hydrogens (tertiary/aromatic N) is 6. The highest BCUT2D eigenvalue weighted by atomic mass is 35.5. The summed E-state index contributed by atoms with van der Waals surface area (Å²) in [7, 11) is -2.46. The molecule has 0 radical (unpaired) electrons. The van der Waals surface area contributed by atoms with Crippen LogP contribution < -0.4 is 9.46 Å². The fraction of sp³-hybridized carbons (Fsp3) is 0.476. The molecule has 0 spiro atoms. The average molecular weight is 508 g/mol. The summed E-state index contributed by atoms with van der Waals surface area (Å²) in [5.74, 6) is 1.23. The van der Waals surface area contributed by atoms with Gasteiger partial charge in [0.15, 0.2) is 11.6 Å². The molecule has 1 N–H and O–H groups in total. The highest BCUT2D eigenvalue weighted by Crippen LogP contribution is 2.40. The second-order valence-corrected chi connectivity index (χ2v) is 10.7. The fourth-order valence-corrected chi connectivity index (χ4v) is 4.58. The number of pyridine rings is 1. The molecule has 0 unspecified atom stereocenters. The molecule has 34 heavy (non-hydrogen) atoms. The maximum atomic E-state index is 13.4. The Morgan fingerprint density at radius 1 is 1.15 bits per heavy atom. The first-order chi connectivity index (χ1) is 16.2. The van der Waals surface area contributed by atoms with Crippen LogP contribution in [0, 0.1) is 0 Å². The Balaban J connectivity index is 1.65. The summed E-state index contributed by atoms with van der Waals surface area (Å²) in [5.41, 5.74) is 0.535. The molecular formula is C21H26ClN7O4S. The molecule has 1 aliphatic rings. The minimum atomic E-state index is -3.98. The summed E-state index contributed by atoms with van der Waals surface area (Å²) in [6.07, 6.45) is 3.40. The molecule has 3 aromatic rings. The summed E-state index contributed by atoms with van der Waals surface area (Å²) < 4.78 is 42.3. The smallest absolute Gasteiger partial charge is 0.240 e. The van der Waals surface area contributed by atoms with Crippen LogP contribution in [0.15, 0.2) is 30.6 Å². The minimum absolute atomic E-state index is 0.0771. The third kappa shape index (κ3) is 5.29. The molecule has 182 valence electrons. The number of methoxy groups -OCH3 is 1. The van der Waals surface area contributed by atoms with Crippen LogP contribution in [0.2, 0.25) is 5.02 Å². The van der Waals surface area contributed by atoms with Gasteiger partial charge in [-0.3, -0.25) is 9.29 Å². The van der Waals surface area contributed by atoms with Crippen LogP contribution >= 0.6 is 11.6 Å². The fourth-order valence-electron chi connectivity index (χ4n) is 3.39. The molecule has 0 saturated heterocycles. The molecule has 1 aliphatic carbocycles. The Morgan fingerprint density at radius 2 is 1.85 bits per heavy atom. The van der Waals surface area contributed by atoms with E-state index in [0.29, 0.717) is 22.4 Å². The van der Waals surface area contributed by atoms with Crippen molar-refractivity contribution in [1.29, 1.82) is 0 Å². The number of rotatable bonds is 10. The van der Waals surface area contributed by atoms with Crippen LogP contribution in [0.3, 0.4) is 0 Å². The van der Waals surface area contributed by atoms with Crippen molar-refractivity contribution in [3.63, 3.8) is 0 Å². The standard InChI is InChI=1S/C21H26ClN7O4S/c1-12(2)33-18(19-23-10-14(22)11-24-19)13(3)34(30,31)28-21-27-26-20(29(21)15-8-9-15)16-6-5-7-17(25-16)32-4/h5-7,10-13,15,18H,8-9H2,1-4H3,(H,27,28)/t13-,18+/m0/s1. The lowest BCUT2D eigenvalue weighted by Gasteiger charge is -2.25. The summed E-state index contributed by atoms with van der Waals surface area (Å²) in [4.78, 5) is 12.8. The lowest BCUT2D eigenvalue weighted by atomic mass is 10.2. The lowest BCUT2D eigenvalue weighted by molar-refractivity contribution is 0.00154. The Bertz CT molecular complexity index is 1250. The van der Waals surface area contributed by atoms with Gasteiger partial charge in [-0.05, 0) is 39.7 Å². The molecule has 13 heteroatoms. The maximum Gasteiger partial charge on any atom is 0.240 e. The number of ether oxygens (including phenoxy) is 2. The summed E-state index contributed by atoms with van der Waals surface area (Å²) in [6, 6.07) is 5.36. The number of aromatic nitrogens is 6. The monoisotopic (exact) mass is 507 g/mol. The van der Waals surface area contributed by atoms with Crippen molar-refractivity contribution in [1.82, 2.24) is 29.7 Å². The van der Waals surface area contributed by atoms with Crippen molar-refractivity contribution >= 4 is 27.6 Å². The van der Waals surface area contributed by atoms with Gasteiger partial charge in [-0.2, -0.15) is 0 Å². The molecule has 3 aromatic heterocycles. The van der Waals surface area contributed by atoms with E-state index in [2.05, 4.69) is 29.9 Å². The number of halogens is 1. The zero-order valence-electron chi connectivity index (χ0n) is 19.2. The van der Waals surface area contributed by atoms with Gasteiger partial charge >= 0.3 is 0 Å². The maximum absolute atomic E-state index is 13.4. The zero-order valence-corrected chi connectivity index (χ0v) is 20.8. The van der Waals surface area contributed by atoms with Crippen LogP contribution in [0.5, 0.6) is 5.88 Å². The van der Waals surface area contributed by atoms with Gasteiger partial charge in [0, 0.05) is 24.5 Å². The quantitative estimate of drug-likeness (QED) is 0.437. The first kappa shape index (κ1) is 24.3. The third-order valence-electron chi connectivity index (χ3n) is 5.23. The largest absolute Gasteiger partial charge is 0.481 e. The highest BCUT2D eigenvalue weighted by Gasteiger charge is 2.37. The van der Waals surface area contributed by atoms with E-state index in [1.165, 1.54) is 26.4 Å². The second kappa shape index (κ2) is 9.80. The summed E-state index contributed by atoms with van der Waals surface area (Å²) >= 11 is 5.90. The third-order valence-corrected chi connectivity index (χ3v) is 7.12. The molecule has 0 bridgehead atoms. The predicted molar refractivity (Wildman–Crippen MR) is 126 cm³/mol. The number of nitrogens with one attached hydrogen (secondary N) is 1. The number of hydrogen-bond acceptors (Lipinski definition) is 9. The van der Waals surface area contributed by atoms with E-state index in [1.807, 2.05) is 13.8 Å². The first-order valence-corrected chi connectivity index (χ1v) is 12.7. The van der Waals surface area contributed by atoms with Crippen LogP contribution in [-0.4, -0.2) is 56.6 Å². The van der Waals surface area contributed by atoms with E-state index in [9.17, 15) is 8.42 Å². The summed E-state index contributed by atoms with van der Waals surface area (Å²) in [5, 5.41) is 7.66. The predicted octanol–water partition coefficient (Wildman–Crippen LogP) is 3.42. The topological polar surface area (TPSA) is 134 Å². The van der Waals surface area contributed by atoms with Gasteiger partial charge in [0.25, 0.3) is 0 Å². The van der Waals surface area contributed by atoms with Crippen LogP contribution in [0.1, 0.15) is 51.6 Å². The molecular weight excluding hydrogens is 482 g/mol. The van der Waals surface area contributed by atoms with Gasteiger partial charge in [0.1, 0.15) is 17.0 Å². The Hall–Kier alpha value is -2.83. The van der Waals surface area contributed by atoms with E-state index in [4.69, 9.17) is 21.1 Å². The van der Waals surface area contributed by atoms with Gasteiger partial charge in [0.2, 0.25) is 21.9 Å². The second-order valence-electron chi connectivity index (χ2n) is 8.23. The Kier molecular flexibility index (Phi) is 7.01. The van der Waals surface area contributed by atoms with Gasteiger partial charge in [-0.1, -0.05) is 17.7 Å². The molecule has 0 amide bonds. The molecule has 0 aliphatic heterocycles. The minimum Gasteiger partial charge on any atom is -0.481 e. The molecule has 0 aromatic carbocycles. The van der Waals surface area contributed by atoms with E-state index < -0.39 is 21.4 Å². The van der Waals surface area contributed by atoms with Gasteiger partial charge < -0.3 is 9.47 Å². The van der Waals surface area contributed by atoms with Gasteiger partial charge in [-0.15, -0.1) is 10.2 Å². The molecule has 1 saturated carbocycles. The number of sulfonamides is 1. The van der Waals surface area contributed by atoms with Crippen LogP contribution in [0.4, 0.5) is 5.95 Å². The molecule has 3 heterocycles. The zero-order chi connectivity index (χ0) is 24.5. The molecule has 1 fully saturated rings. The van der Waals surface area contributed by atoms with Crippen molar-refractivity contribution in [2.24, 2.45) is 0 Å². The Labute approximate surface area is 203 Å². The van der Waals surface area contributed by atoms with Crippen LogP contribution in [0.25, 0.3) is 11.5 Å². The molecule has 4 rings (SSSR count). The normalized spacial score (nSPS) is 15.8. The van der Waals surface area contributed by atoms with E-state index >= 15 is 0 Å². The Morgan fingerprint density at radius 3 is 2.47 bits per heavy atom. The van der Waals surface area contributed by atoms with E-state index in [0.717, 1.165) is 12.8 Å². The SMILES string of the molecule is COc1cccc(-c2nnc(NS(=O)(=O)[C@@H](C)[C@@H](OC(C)C)c3ncc(Cl)cn3)n2C2CC2)n1. The number of anilines is 1. The lowest BCUT2D eigenvalue weighted by Crippen LogP contribution is -2.35. The summed E-state index contributed by atoms with van der Waals surface area (Å²) in [6.45, 7) is 5.16. The van der Waals surface area contributed by atoms with Crippen molar-refractivity contribution in [3.05, 3.63) is 41.4 Å². The van der Waals surface area contributed by atoms with E-state index in [-0.39, 0.29) is 23.9 Å². The van der Waals surface area contributed by atoms with Crippen molar-refractivity contribution < 1.29 is 17.9 Å². The molecule has 2 atom stereocenters. The first-order valence-electron chi connectivity index (χ1n) is 10.8.